The number of hydrogen-bond acceptors (Lipinski definition) is 2. The minimum atomic E-state index is 0.397. The molecule has 44 valence electrons. The summed E-state index contributed by atoms with van der Waals surface area (Å²) in [6.45, 7) is 4.09. The molecule has 0 aliphatic carbocycles. The Balaban J connectivity index is 2.77. The van der Waals surface area contributed by atoms with E-state index in [2.05, 4.69) is 9.79 Å². The van der Waals surface area contributed by atoms with Gasteiger partial charge >= 0.3 is 0 Å². The summed E-state index contributed by atoms with van der Waals surface area (Å²) in [6, 6.07) is 0.397. The van der Waals surface area contributed by atoms with Gasteiger partial charge in [0.05, 0.1) is 0 Å². The van der Waals surface area contributed by atoms with E-state index in [1.54, 1.807) is 17.1 Å². The number of aromatic nitrogens is 2. The molecule has 0 saturated heterocycles. The highest BCUT2D eigenvalue weighted by atomic mass is 16.5. The Labute approximate surface area is 47.9 Å². The molecular formula is C5H9N2O+. The predicted octanol–water partition coefficient (Wildman–Crippen LogP) is 0.543. The highest BCUT2D eigenvalue weighted by molar-refractivity contribution is 4.42. The van der Waals surface area contributed by atoms with E-state index in [-0.39, 0.29) is 0 Å². The first kappa shape index (κ1) is 5.28. The lowest BCUT2D eigenvalue weighted by atomic mass is 10.4. The van der Waals surface area contributed by atoms with Crippen LogP contribution >= 0.6 is 0 Å². The maximum absolute atomic E-state index is 4.59. The van der Waals surface area contributed by atoms with Crippen LogP contribution in [0.25, 0.3) is 0 Å². The van der Waals surface area contributed by atoms with E-state index in [1.807, 2.05) is 13.8 Å². The predicted molar refractivity (Wildman–Crippen MR) is 27.1 cm³/mol. The van der Waals surface area contributed by atoms with Crippen LogP contribution in [0, 0.1) is 0 Å². The van der Waals surface area contributed by atoms with Crippen LogP contribution in [-0.2, 0) is 0 Å². The molecule has 1 aromatic rings. The smallest absolute Gasteiger partial charge is 0.237 e. The van der Waals surface area contributed by atoms with Crippen molar-refractivity contribution in [2.75, 3.05) is 0 Å². The van der Waals surface area contributed by atoms with E-state index < -0.39 is 0 Å². The zero-order chi connectivity index (χ0) is 5.98. The van der Waals surface area contributed by atoms with Crippen molar-refractivity contribution >= 4 is 0 Å². The lowest BCUT2D eigenvalue weighted by Gasteiger charge is -1.85. The van der Waals surface area contributed by atoms with Gasteiger partial charge < -0.3 is 4.52 Å². The normalized spacial score (nSPS) is 10.4. The van der Waals surface area contributed by atoms with E-state index in [4.69, 9.17) is 0 Å². The number of rotatable bonds is 1. The van der Waals surface area contributed by atoms with Crippen LogP contribution < -0.4 is 4.68 Å². The Morgan fingerprint density at radius 3 is 2.62 bits per heavy atom. The molecule has 0 aromatic carbocycles. The van der Waals surface area contributed by atoms with Crippen LogP contribution in [0.3, 0.4) is 0 Å². The molecule has 3 heteroatoms. The molecule has 0 aliphatic rings. The van der Waals surface area contributed by atoms with Gasteiger partial charge in [0.2, 0.25) is 6.20 Å². The average Bonchev–Trinajstić information content (AvgIpc) is 2.12. The van der Waals surface area contributed by atoms with Gasteiger partial charge in [-0.1, -0.05) is 4.68 Å². The molecule has 0 bridgehead atoms. The summed E-state index contributed by atoms with van der Waals surface area (Å²) in [5.74, 6) is 0. The van der Waals surface area contributed by atoms with Gasteiger partial charge in [0.1, 0.15) is 0 Å². The molecule has 0 saturated carbocycles. The summed E-state index contributed by atoms with van der Waals surface area (Å²) in [5, 5.41) is 3.66. The van der Waals surface area contributed by atoms with E-state index >= 15 is 0 Å². The monoisotopic (exact) mass is 113 g/mol. The Bertz CT molecular complexity index is 145. The molecule has 0 fully saturated rings. The molecule has 1 aromatic heterocycles. The van der Waals surface area contributed by atoms with Crippen molar-refractivity contribution in [3.8, 4) is 0 Å². The minimum Gasteiger partial charge on any atom is -0.309 e. The maximum Gasteiger partial charge on any atom is 0.237 e. The number of nitrogens with zero attached hydrogens (tertiary/aromatic N) is 2. The van der Waals surface area contributed by atoms with Crippen LogP contribution in [-0.4, -0.2) is 5.27 Å². The highest BCUT2D eigenvalue weighted by Crippen LogP contribution is 1.85. The van der Waals surface area contributed by atoms with Crippen molar-refractivity contribution in [1.82, 2.24) is 5.27 Å². The molecule has 8 heavy (non-hydrogen) atoms. The molecule has 0 atom stereocenters. The average molecular weight is 113 g/mol. The number of hydrogen-bond donors (Lipinski definition) is 0. The Morgan fingerprint density at radius 1 is 1.62 bits per heavy atom. The van der Waals surface area contributed by atoms with Crippen LogP contribution in [0.2, 0.25) is 0 Å². The maximum atomic E-state index is 4.59. The molecule has 1 rings (SSSR count). The first-order valence-electron chi connectivity index (χ1n) is 2.62. The lowest BCUT2D eigenvalue weighted by molar-refractivity contribution is -0.779. The molecule has 0 spiro atoms. The van der Waals surface area contributed by atoms with Gasteiger partial charge in [0.15, 0.2) is 17.6 Å². The summed E-state index contributed by atoms with van der Waals surface area (Å²) in [6.07, 6.45) is 3.35. The fourth-order valence-electron chi connectivity index (χ4n) is 0.465. The lowest BCUT2D eigenvalue weighted by Crippen LogP contribution is -2.36. The third kappa shape index (κ3) is 0.857. The Hall–Kier alpha value is -0.860. The first-order chi connectivity index (χ1) is 3.80. The summed E-state index contributed by atoms with van der Waals surface area (Å²) in [7, 11) is 0. The third-order valence-electron chi connectivity index (χ3n) is 0.945. The highest BCUT2D eigenvalue weighted by Gasteiger charge is 2.06. The van der Waals surface area contributed by atoms with Crippen molar-refractivity contribution in [2.24, 2.45) is 0 Å². The van der Waals surface area contributed by atoms with E-state index in [1.165, 1.54) is 0 Å². The largest absolute Gasteiger partial charge is 0.309 e. The Morgan fingerprint density at radius 2 is 2.38 bits per heavy atom. The summed E-state index contributed by atoms with van der Waals surface area (Å²) >= 11 is 0. The van der Waals surface area contributed by atoms with Gasteiger partial charge in [0.25, 0.3) is 0 Å². The fraction of sp³-hybridized carbons (Fsp3) is 0.600. The van der Waals surface area contributed by atoms with Gasteiger partial charge in [-0.3, -0.25) is 0 Å². The van der Waals surface area contributed by atoms with Crippen molar-refractivity contribution in [2.45, 2.75) is 19.9 Å². The van der Waals surface area contributed by atoms with Gasteiger partial charge in [-0.05, 0) is 13.8 Å². The van der Waals surface area contributed by atoms with Crippen LogP contribution in [0.4, 0.5) is 0 Å². The molecule has 1 heterocycles. The van der Waals surface area contributed by atoms with E-state index in [9.17, 15) is 0 Å². The molecule has 0 radical (unpaired) electrons. The van der Waals surface area contributed by atoms with Crippen molar-refractivity contribution in [3.63, 3.8) is 0 Å². The van der Waals surface area contributed by atoms with E-state index in [0.717, 1.165) is 0 Å². The van der Waals surface area contributed by atoms with Gasteiger partial charge in [0, 0.05) is 0 Å². The fourth-order valence-corrected chi connectivity index (χ4v) is 0.465. The quantitative estimate of drug-likeness (QED) is 0.497. The summed E-state index contributed by atoms with van der Waals surface area (Å²) < 4.78 is 6.34. The molecule has 0 N–H and O–H groups in total. The molecule has 3 nitrogen and oxygen atoms in total. The van der Waals surface area contributed by atoms with Crippen molar-refractivity contribution < 1.29 is 9.20 Å². The van der Waals surface area contributed by atoms with Crippen LogP contribution in [0.15, 0.2) is 17.0 Å². The van der Waals surface area contributed by atoms with Crippen molar-refractivity contribution in [3.05, 3.63) is 12.5 Å². The van der Waals surface area contributed by atoms with Gasteiger partial charge in [-0.15, -0.1) is 0 Å². The first-order valence-corrected chi connectivity index (χ1v) is 2.62. The minimum absolute atomic E-state index is 0.397. The summed E-state index contributed by atoms with van der Waals surface area (Å²) in [5.41, 5.74) is 0. The molecule has 0 aliphatic heterocycles. The zero-order valence-electron chi connectivity index (χ0n) is 5.03. The third-order valence-corrected chi connectivity index (χ3v) is 0.945. The standard InChI is InChI=1S/C5H9N2O/c1-5(2)7-3-4-8-6-7/h3-5H,1-2H3/q+1. The second kappa shape index (κ2) is 1.94. The second-order valence-corrected chi connectivity index (χ2v) is 1.95. The van der Waals surface area contributed by atoms with E-state index in [0.29, 0.717) is 6.04 Å². The Kier molecular flexibility index (Phi) is 1.28. The zero-order valence-corrected chi connectivity index (χ0v) is 5.03. The molecular weight excluding hydrogens is 104 g/mol. The molecule has 0 amide bonds. The second-order valence-electron chi connectivity index (χ2n) is 1.95. The van der Waals surface area contributed by atoms with Gasteiger partial charge in [-0.2, -0.15) is 0 Å². The SMILES string of the molecule is CC(C)[n+]1ccon1. The van der Waals surface area contributed by atoms with Crippen LogP contribution in [0.1, 0.15) is 19.9 Å². The topological polar surface area (TPSA) is 29.9 Å². The summed E-state index contributed by atoms with van der Waals surface area (Å²) in [4.78, 5) is 0. The van der Waals surface area contributed by atoms with Crippen molar-refractivity contribution in [1.29, 1.82) is 0 Å². The van der Waals surface area contributed by atoms with Crippen LogP contribution in [0.5, 0.6) is 0 Å². The molecule has 0 unspecified atom stereocenters. The van der Waals surface area contributed by atoms with Gasteiger partial charge in [-0.25, -0.2) is 0 Å².